The summed E-state index contributed by atoms with van der Waals surface area (Å²) in [5, 5.41) is 13.3. The van der Waals surface area contributed by atoms with Crippen LogP contribution in [0.25, 0.3) is 0 Å². The molecule has 0 aromatic carbocycles. The van der Waals surface area contributed by atoms with E-state index >= 15 is 0 Å². The van der Waals surface area contributed by atoms with Crippen LogP contribution in [0.1, 0.15) is 38.4 Å². The molecule has 2 rings (SSSR count). The molecule has 0 radical (unpaired) electrons. The van der Waals surface area contributed by atoms with E-state index in [-0.39, 0.29) is 5.41 Å². The summed E-state index contributed by atoms with van der Waals surface area (Å²) in [5.74, 6) is 0.970. The van der Waals surface area contributed by atoms with Crippen molar-refractivity contribution in [3.05, 3.63) is 12.2 Å². The van der Waals surface area contributed by atoms with Crippen molar-refractivity contribution in [1.29, 1.82) is 5.26 Å². The van der Waals surface area contributed by atoms with Gasteiger partial charge >= 0.3 is 0 Å². The lowest BCUT2D eigenvalue weighted by atomic mass is 9.68. The first-order valence-electron chi connectivity index (χ1n) is 5.57. The van der Waals surface area contributed by atoms with Crippen molar-refractivity contribution >= 4 is 0 Å². The van der Waals surface area contributed by atoms with Gasteiger partial charge in [0.15, 0.2) is 0 Å². The summed E-state index contributed by atoms with van der Waals surface area (Å²) in [5.41, 5.74) is -0.140. The summed E-state index contributed by atoms with van der Waals surface area (Å²) in [6.45, 7) is 3.02. The van der Waals surface area contributed by atoms with Crippen LogP contribution >= 0.6 is 0 Å². The Balaban J connectivity index is 2.10. The molecule has 0 saturated heterocycles. The molecule has 4 nitrogen and oxygen atoms in total. The van der Waals surface area contributed by atoms with E-state index in [0.29, 0.717) is 0 Å². The van der Waals surface area contributed by atoms with E-state index in [1.807, 2.05) is 4.68 Å². The minimum Gasteiger partial charge on any atom is -0.250 e. The maximum Gasteiger partial charge on any atom is 0.138 e. The molecule has 0 bridgehead atoms. The number of nitrogens with zero attached hydrogens (tertiary/aromatic N) is 4. The minimum atomic E-state index is -0.140. The van der Waals surface area contributed by atoms with Crippen molar-refractivity contribution in [1.82, 2.24) is 14.8 Å². The Morgan fingerprint density at radius 1 is 1.60 bits per heavy atom. The summed E-state index contributed by atoms with van der Waals surface area (Å²) >= 11 is 0. The fourth-order valence-electron chi connectivity index (χ4n) is 2.06. The molecule has 4 heteroatoms. The second-order valence-corrected chi connectivity index (χ2v) is 4.32. The molecule has 0 N–H and O–H groups in total. The lowest BCUT2D eigenvalue weighted by molar-refractivity contribution is 0.207. The summed E-state index contributed by atoms with van der Waals surface area (Å²) in [4.78, 5) is 4.25. The molecule has 0 amide bonds. The Morgan fingerprint density at radius 2 is 2.40 bits per heavy atom. The highest BCUT2D eigenvalue weighted by atomic mass is 15.3. The van der Waals surface area contributed by atoms with Crippen molar-refractivity contribution in [3.63, 3.8) is 0 Å². The van der Waals surface area contributed by atoms with Crippen molar-refractivity contribution in [2.24, 2.45) is 5.41 Å². The van der Waals surface area contributed by atoms with Crippen LogP contribution in [-0.2, 0) is 13.0 Å². The first-order chi connectivity index (χ1) is 7.29. The van der Waals surface area contributed by atoms with Gasteiger partial charge in [-0.25, -0.2) is 4.98 Å². The number of aromatic nitrogens is 3. The van der Waals surface area contributed by atoms with Crippen LogP contribution in [0, 0.1) is 16.7 Å². The SMILES string of the molecule is CCCn1ncnc1CC1(C#N)CCC1. The molecule has 1 aromatic rings. The Hall–Kier alpha value is -1.37. The molecule has 0 atom stereocenters. The van der Waals surface area contributed by atoms with Gasteiger partial charge in [-0.15, -0.1) is 0 Å². The van der Waals surface area contributed by atoms with E-state index in [0.717, 1.165) is 38.1 Å². The van der Waals surface area contributed by atoms with Gasteiger partial charge in [-0.3, -0.25) is 4.68 Å². The molecule has 0 spiro atoms. The fourth-order valence-corrected chi connectivity index (χ4v) is 2.06. The third kappa shape index (κ3) is 1.87. The van der Waals surface area contributed by atoms with Crippen LogP contribution in [0.15, 0.2) is 6.33 Å². The maximum atomic E-state index is 9.15. The molecular weight excluding hydrogens is 188 g/mol. The zero-order chi connectivity index (χ0) is 10.7. The molecular formula is C11H16N4. The van der Waals surface area contributed by atoms with Gasteiger partial charge in [-0.1, -0.05) is 13.3 Å². The van der Waals surface area contributed by atoms with Crippen LogP contribution in [0.2, 0.25) is 0 Å². The molecule has 1 saturated carbocycles. The van der Waals surface area contributed by atoms with Gasteiger partial charge in [-0.2, -0.15) is 10.4 Å². The third-order valence-corrected chi connectivity index (χ3v) is 3.18. The van der Waals surface area contributed by atoms with Crippen LogP contribution in [0.4, 0.5) is 0 Å². The van der Waals surface area contributed by atoms with Crippen LogP contribution in [0.5, 0.6) is 0 Å². The Bertz CT molecular complexity index is 370. The molecule has 1 aliphatic rings. The lowest BCUT2D eigenvalue weighted by Gasteiger charge is -2.34. The number of rotatable bonds is 4. The van der Waals surface area contributed by atoms with Gasteiger partial charge < -0.3 is 0 Å². The highest BCUT2D eigenvalue weighted by Crippen LogP contribution is 2.42. The van der Waals surface area contributed by atoms with Gasteiger partial charge in [-0.05, 0) is 19.3 Å². The lowest BCUT2D eigenvalue weighted by Crippen LogP contribution is -2.31. The zero-order valence-corrected chi connectivity index (χ0v) is 9.11. The van der Waals surface area contributed by atoms with Gasteiger partial charge in [0.25, 0.3) is 0 Å². The first kappa shape index (κ1) is 10.2. The largest absolute Gasteiger partial charge is 0.250 e. The first-order valence-corrected chi connectivity index (χ1v) is 5.57. The Labute approximate surface area is 89.9 Å². The standard InChI is InChI=1S/C11H16N4/c1-2-6-15-10(13-9-14-15)7-11(8-12)4-3-5-11/h9H,2-7H2,1H3. The molecule has 0 unspecified atom stereocenters. The van der Waals surface area contributed by atoms with E-state index in [1.54, 1.807) is 6.33 Å². The highest BCUT2D eigenvalue weighted by molar-refractivity contribution is 5.09. The highest BCUT2D eigenvalue weighted by Gasteiger charge is 2.38. The van der Waals surface area contributed by atoms with Crippen molar-refractivity contribution in [2.75, 3.05) is 0 Å². The van der Waals surface area contributed by atoms with Gasteiger partial charge in [0, 0.05) is 13.0 Å². The summed E-state index contributed by atoms with van der Waals surface area (Å²) in [6, 6.07) is 2.44. The second-order valence-electron chi connectivity index (χ2n) is 4.32. The Kier molecular flexibility index (Phi) is 2.72. The maximum absolute atomic E-state index is 9.15. The number of aryl methyl sites for hydroxylation is 1. The van der Waals surface area contributed by atoms with Crippen LogP contribution in [-0.4, -0.2) is 14.8 Å². The number of hydrogen-bond acceptors (Lipinski definition) is 3. The van der Waals surface area contributed by atoms with Gasteiger partial charge in [0.05, 0.1) is 11.5 Å². The predicted octanol–water partition coefficient (Wildman–Crippen LogP) is 1.92. The van der Waals surface area contributed by atoms with Crippen molar-refractivity contribution in [2.45, 2.75) is 45.6 Å². The molecule has 1 aromatic heterocycles. The van der Waals surface area contributed by atoms with E-state index in [1.165, 1.54) is 6.42 Å². The molecule has 0 aliphatic heterocycles. The molecule has 80 valence electrons. The molecule has 1 aliphatic carbocycles. The molecule has 1 heterocycles. The minimum absolute atomic E-state index is 0.140. The van der Waals surface area contributed by atoms with Crippen molar-refractivity contribution in [3.8, 4) is 6.07 Å². The summed E-state index contributed by atoms with van der Waals surface area (Å²) in [6.07, 6.45) is 6.62. The third-order valence-electron chi connectivity index (χ3n) is 3.18. The number of hydrogen-bond donors (Lipinski definition) is 0. The summed E-state index contributed by atoms with van der Waals surface area (Å²) < 4.78 is 1.93. The normalized spacial score (nSPS) is 18.1. The Morgan fingerprint density at radius 3 is 2.93 bits per heavy atom. The van der Waals surface area contributed by atoms with E-state index in [4.69, 9.17) is 5.26 Å². The smallest absolute Gasteiger partial charge is 0.138 e. The van der Waals surface area contributed by atoms with Crippen LogP contribution < -0.4 is 0 Å². The van der Waals surface area contributed by atoms with E-state index in [9.17, 15) is 0 Å². The second kappa shape index (κ2) is 4.01. The van der Waals surface area contributed by atoms with Crippen LogP contribution in [0.3, 0.4) is 0 Å². The average Bonchev–Trinajstić information content (AvgIpc) is 2.60. The van der Waals surface area contributed by atoms with Gasteiger partial charge in [0.2, 0.25) is 0 Å². The van der Waals surface area contributed by atoms with E-state index < -0.39 is 0 Å². The molecule has 15 heavy (non-hydrogen) atoms. The average molecular weight is 204 g/mol. The van der Waals surface area contributed by atoms with E-state index in [2.05, 4.69) is 23.1 Å². The summed E-state index contributed by atoms with van der Waals surface area (Å²) in [7, 11) is 0. The van der Waals surface area contributed by atoms with Gasteiger partial charge in [0.1, 0.15) is 12.2 Å². The topological polar surface area (TPSA) is 54.5 Å². The quantitative estimate of drug-likeness (QED) is 0.753. The monoisotopic (exact) mass is 204 g/mol. The number of nitriles is 1. The van der Waals surface area contributed by atoms with Crippen molar-refractivity contribution < 1.29 is 0 Å². The predicted molar refractivity (Wildman–Crippen MR) is 55.9 cm³/mol. The fraction of sp³-hybridized carbons (Fsp3) is 0.727. The molecule has 1 fully saturated rings. The zero-order valence-electron chi connectivity index (χ0n) is 9.11.